The van der Waals surface area contributed by atoms with E-state index in [1.54, 1.807) is 18.0 Å². The third kappa shape index (κ3) is 2.08. The van der Waals surface area contributed by atoms with E-state index in [-0.39, 0.29) is 29.5 Å². The zero-order chi connectivity index (χ0) is 18.1. The number of alkyl halides is 3. The fourth-order valence-electron chi connectivity index (χ4n) is 4.16. The molecule has 0 saturated carbocycles. The number of amides is 2. The summed E-state index contributed by atoms with van der Waals surface area (Å²) in [6.07, 6.45) is -0.889. The van der Waals surface area contributed by atoms with Crippen LogP contribution in [0.2, 0.25) is 0 Å². The minimum atomic E-state index is -4.50. The SMILES string of the molecule is C=C1[C@@H]2C3C=CC(C(=O)N3C)[C@@H]2C(=O)N1c1cccc(C(F)(F)F)c1. The molecule has 25 heavy (non-hydrogen) atoms. The third-order valence-electron chi connectivity index (χ3n) is 5.35. The van der Waals surface area contributed by atoms with Crippen molar-refractivity contribution in [3.05, 3.63) is 54.3 Å². The highest BCUT2D eigenvalue weighted by Gasteiger charge is 2.58. The van der Waals surface area contributed by atoms with Gasteiger partial charge < -0.3 is 4.90 Å². The van der Waals surface area contributed by atoms with Gasteiger partial charge in [0, 0.05) is 24.4 Å². The predicted octanol–water partition coefficient (Wildman–Crippen LogP) is 2.82. The van der Waals surface area contributed by atoms with Crippen LogP contribution in [-0.2, 0) is 15.8 Å². The summed E-state index contributed by atoms with van der Waals surface area (Å²) in [5.74, 6) is -1.99. The summed E-state index contributed by atoms with van der Waals surface area (Å²) in [4.78, 5) is 28.1. The van der Waals surface area contributed by atoms with Gasteiger partial charge in [0.05, 0.1) is 23.4 Å². The van der Waals surface area contributed by atoms with Crippen LogP contribution in [0, 0.1) is 17.8 Å². The molecule has 2 amide bonds. The summed E-state index contributed by atoms with van der Waals surface area (Å²) in [5, 5.41) is 0. The number of carbonyl (C=O) groups is 2. The molecular weight excluding hydrogens is 333 g/mol. The number of rotatable bonds is 1. The Balaban J connectivity index is 1.76. The number of likely N-dealkylation sites (N-methyl/N-ethyl adjacent to an activating group) is 1. The lowest BCUT2D eigenvalue weighted by molar-refractivity contribution is -0.146. The van der Waals surface area contributed by atoms with Crippen molar-refractivity contribution in [3.63, 3.8) is 0 Å². The molecule has 0 aromatic heterocycles. The molecule has 3 heterocycles. The molecule has 4 atom stereocenters. The highest BCUT2D eigenvalue weighted by molar-refractivity contribution is 6.05. The van der Waals surface area contributed by atoms with E-state index < -0.39 is 23.6 Å². The third-order valence-corrected chi connectivity index (χ3v) is 5.35. The van der Waals surface area contributed by atoms with Crippen molar-refractivity contribution in [2.75, 3.05) is 11.9 Å². The Morgan fingerprint density at radius 2 is 1.80 bits per heavy atom. The van der Waals surface area contributed by atoms with Crippen LogP contribution in [0.15, 0.2) is 48.7 Å². The molecule has 2 saturated heterocycles. The smallest absolute Gasteiger partial charge is 0.338 e. The molecule has 1 aromatic carbocycles. The van der Waals surface area contributed by atoms with Gasteiger partial charge in [0.2, 0.25) is 11.8 Å². The van der Waals surface area contributed by atoms with Crippen LogP contribution in [0.1, 0.15) is 5.56 Å². The molecule has 0 N–H and O–H groups in total. The predicted molar refractivity (Wildman–Crippen MR) is 84.2 cm³/mol. The first-order valence-electron chi connectivity index (χ1n) is 7.87. The van der Waals surface area contributed by atoms with Gasteiger partial charge in [-0.15, -0.1) is 0 Å². The summed E-state index contributed by atoms with van der Waals surface area (Å²) in [5.41, 5.74) is -0.253. The van der Waals surface area contributed by atoms with Crippen molar-refractivity contribution < 1.29 is 22.8 Å². The average molecular weight is 348 g/mol. The first-order chi connectivity index (χ1) is 11.7. The minimum Gasteiger partial charge on any atom is -0.338 e. The second-order valence-electron chi connectivity index (χ2n) is 6.62. The van der Waals surface area contributed by atoms with Crippen LogP contribution >= 0.6 is 0 Å². The normalized spacial score (nSPS) is 31.1. The van der Waals surface area contributed by atoms with E-state index in [9.17, 15) is 22.8 Å². The quantitative estimate of drug-likeness (QED) is 0.733. The van der Waals surface area contributed by atoms with Crippen LogP contribution in [0.4, 0.5) is 18.9 Å². The summed E-state index contributed by atoms with van der Waals surface area (Å²) in [6, 6.07) is 4.33. The Morgan fingerprint density at radius 1 is 1.08 bits per heavy atom. The van der Waals surface area contributed by atoms with Crippen molar-refractivity contribution in [2.24, 2.45) is 17.8 Å². The molecule has 7 heteroatoms. The second kappa shape index (κ2) is 4.97. The van der Waals surface area contributed by atoms with Crippen LogP contribution in [-0.4, -0.2) is 29.8 Å². The molecule has 2 bridgehead atoms. The van der Waals surface area contributed by atoms with Gasteiger partial charge in [0.15, 0.2) is 0 Å². The van der Waals surface area contributed by atoms with E-state index in [1.165, 1.54) is 17.0 Å². The maximum absolute atomic E-state index is 13.0. The maximum Gasteiger partial charge on any atom is 0.416 e. The maximum atomic E-state index is 13.0. The first-order valence-corrected chi connectivity index (χ1v) is 7.87. The number of hydrogen-bond donors (Lipinski definition) is 0. The van der Waals surface area contributed by atoms with Gasteiger partial charge in [-0.1, -0.05) is 24.8 Å². The number of halogens is 3. The zero-order valence-electron chi connectivity index (χ0n) is 13.3. The van der Waals surface area contributed by atoms with Gasteiger partial charge in [-0.2, -0.15) is 13.2 Å². The molecule has 4 aliphatic rings. The molecule has 1 aromatic rings. The fourth-order valence-corrected chi connectivity index (χ4v) is 4.16. The molecular formula is C18H15F3N2O2. The lowest BCUT2D eigenvalue weighted by Crippen LogP contribution is -2.56. The summed E-state index contributed by atoms with van der Waals surface area (Å²) in [7, 11) is 1.67. The number of piperidine rings is 1. The topological polar surface area (TPSA) is 40.6 Å². The number of carbonyl (C=O) groups excluding carboxylic acids is 2. The molecule has 4 nitrogen and oxygen atoms in total. The lowest BCUT2D eigenvalue weighted by Gasteiger charge is -2.45. The second-order valence-corrected chi connectivity index (χ2v) is 6.62. The van der Waals surface area contributed by atoms with Crippen molar-refractivity contribution in [1.29, 1.82) is 0 Å². The van der Waals surface area contributed by atoms with Crippen molar-refractivity contribution in [1.82, 2.24) is 4.90 Å². The Bertz CT molecular complexity index is 830. The highest BCUT2D eigenvalue weighted by Crippen LogP contribution is 2.50. The van der Waals surface area contributed by atoms with Gasteiger partial charge in [-0.05, 0) is 18.2 Å². The molecule has 5 rings (SSSR count). The minimum absolute atomic E-state index is 0.133. The van der Waals surface area contributed by atoms with Gasteiger partial charge in [0.25, 0.3) is 0 Å². The van der Waals surface area contributed by atoms with Gasteiger partial charge >= 0.3 is 6.18 Å². The Labute approximate surface area is 142 Å². The van der Waals surface area contributed by atoms with Crippen LogP contribution < -0.4 is 4.90 Å². The number of benzene rings is 1. The standard InChI is InChI=1S/C18H15F3N2O2/c1-9-14-13-7-6-12(16(24)22(13)2)15(14)17(25)23(9)11-5-3-4-10(8-11)18(19,20)21/h3-8,12-15H,1H2,2H3/t12?,13?,14-,15+/m1/s1. The first kappa shape index (κ1) is 15.9. The van der Waals surface area contributed by atoms with Crippen LogP contribution in [0.25, 0.3) is 0 Å². The summed E-state index contributed by atoms with van der Waals surface area (Å²) in [6.45, 7) is 3.97. The number of nitrogens with zero attached hydrogens (tertiary/aromatic N) is 2. The lowest BCUT2D eigenvalue weighted by atomic mass is 9.69. The van der Waals surface area contributed by atoms with E-state index in [0.29, 0.717) is 5.70 Å². The Morgan fingerprint density at radius 3 is 2.48 bits per heavy atom. The highest BCUT2D eigenvalue weighted by atomic mass is 19.4. The monoisotopic (exact) mass is 348 g/mol. The Kier molecular flexibility index (Phi) is 3.17. The number of hydrogen-bond acceptors (Lipinski definition) is 2. The van der Waals surface area contributed by atoms with Gasteiger partial charge in [-0.3, -0.25) is 14.5 Å². The number of fused-ring (bicyclic) bond motifs is 1. The van der Waals surface area contributed by atoms with Gasteiger partial charge in [-0.25, -0.2) is 0 Å². The number of anilines is 1. The summed E-state index contributed by atoms with van der Waals surface area (Å²) >= 11 is 0. The van der Waals surface area contributed by atoms with Crippen molar-refractivity contribution >= 4 is 17.5 Å². The average Bonchev–Trinajstić information content (AvgIpc) is 2.83. The molecule has 130 valence electrons. The van der Waals surface area contributed by atoms with E-state index >= 15 is 0 Å². The van der Waals surface area contributed by atoms with E-state index in [1.807, 2.05) is 6.08 Å². The van der Waals surface area contributed by atoms with E-state index in [4.69, 9.17) is 0 Å². The summed E-state index contributed by atoms with van der Waals surface area (Å²) < 4.78 is 39.0. The zero-order valence-corrected chi connectivity index (χ0v) is 13.3. The van der Waals surface area contributed by atoms with Gasteiger partial charge in [0.1, 0.15) is 0 Å². The molecule has 0 spiro atoms. The molecule has 0 radical (unpaired) electrons. The fraction of sp³-hybridized carbons (Fsp3) is 0.333. The molecule has 3 aliphatic heterocycles. The van der Waals surface area contributed by atoms with Crippen molar-refractivity contribution in [2.45, 2.75) is 12.2 Å². The molecule has 2 fully saturated rings. The Hall–Kier alpha value is -2.57. The van der Waals surface area contributed by atoms with Crippen molar-refractivity contribution in [3.8, 4) is 0 Å². The molecule has 1 aliphatic carbocycles. The van der Waals surface area contributed by atoms with E-state index in [2.05, 4.69) is 6.58 Å². The van der Waals surface area contributed by atoms with E-state index in [0.717, 1.165) is 12.1 Å². The molecule has 2 unspecified atom stereocenters. The van der Waals surface area contributed by atoms with Crippen LogP contribution in [0.5, 0.6) is 0 Å². The van der Waals surface area contributed by atoms with Crippen LogP contribution in [0.3, 0.4) is 0 Å². The largest absolute Gasteiger partial charge is 0.416 e.